The largest absolute Gasteiger partial charge is 0.469 e. The lowest BCUT2D eigenvalue weighted by Gasteiger charge is -2.21. The number of carbonyl (C=O) groups excluding carboxylic acids is 1. The van der Waals surface area contributed by atoms with E-state index in [1.54, 1.807) is 28.9 Å². The van der Waals surface area contributed by atoms with Crippen LogP contribution in [0.5, 0.6) is 0 Å². The Morgan fingerprint density at radius 1 is 1.11 bits per heavy atom. The van der Waals surface area contributed by atoms with Crippen LogP contribution in [0.1, 0.15) is 34.6 Å². The molecule has 10 heteroatoms. The molecule has 0 spiro atoms. The van der Waals surface area contributed by atoms with E-state index in [0.717, 1.165) is 22.2 Å². The van der Waals surface area contributed by atoms with E-state index in [-0.39, 0.29) is 29.7 Å². The zero-order valence-corrected chi connectivity index (χ0v) is 22.0. The summed E-state index contributed by atoms with van der Waals surface area (Å²) in [5.74, 6) is -0.714. The van der Waals surface area contributed by atoms with Crippen molar-refractivity contribution in [2.75, 3.05) is 14.2 Å². The third kappa shape index (κ3) is 5.28. The lowest BCUT2D eigenvalue weighted by atomic mass is 9.87. The molecule has 0 saturated heterocycles. The van der Waals surface area contributed by atoms with Gasteiger partial charge in [-0.05, 0) is 59.5 Å². The van der Waals surface area contributed by atoms with Crippen molar-refractivity contribution in [2.24, 2.45) is 7.05 Å². The van der Waals surface area contributed by atoms with Crippen molar-refractivity contribution < 1.29 is 17.9 Å². The van der Waals surface area contributed by atoms with E-state index in [2.05, 4.69) is 10.3 Å². The summed E-state index contributed by atoms with van der Waals surface area (Å²) >= 11 is 6.49. The van der Waals surface area contributed by atoms with Gasteiger partial charge in [-0.15, -0.1) is 5.10 Å². The average Bonchev–Trinajstić information content (AvgIpc) is 3.23. The zero-order chi connectivity index (χ0) is 26.0. The molecule has 1 heterocycles. The van der Waals surface area contributed by atoms with E-state index in [1.807, 2.05) is 50.4 Å². The number of methoxy groups -OCH3 is 1. The summed E-state index contributed by atoms with van der Waals surface area (Å²) < 4.78 is 34.2. The van der Waals surface area contributed by atoms with Crippen LogP contribution >= 0.6 is 11.6 Å². The Labute approximate surface area is 215 Å². The maximum absolute atomic E-state index is 13.2. The number of hydrogen-bond acceptors (Lipinski definition) is 6. The Kier molecular flexibility index (Phi) is 7.44. The van der Waals surface area contributed by atoms with Crippen molar-refractivity contribution in [3.8, 4) is 0 Å². The molecule has 0 aliphatic carbocycles. The van der Waals surface area contributed by atoms with Crippen LogP contribution in [0, 0.1) is 6.92 Å². The van der Waals surface area contributed by atoms with Crippen LogP contribution in [0.3, 0.4) is 0 Å². The quantitative estimate of drug-likeness (QED) is 0.315. The second-order valence-corrected chi connectivity index (χ2v) is 11.2. The van der Waals surface area contributed by atoms with E-state index >= 15 is 0 Å². The molecule has 0 amide bonds. The number of rotatable bonds is 8. The van der Waals surface area contributed by atoms with Gasteiger partial charge < -0.3 is 4.74 Å². The van der Waals surface area contributed by atoms with Gasteiger partial charge in [0.2, 0.25) is 10.0 Å². The Morgan fingerprint density at radius 3 is 2.56 bits per heavy atom. The van der Waals surface area contributed by atoms with Crippen molar-refractivity contribution in [1.82, 2.24) is 19.3 Å². The molecule has 0 aliphatic rings. The second kappa shape index (κ2) is 10.4. The number of ether oxygens (including phenoxy) is 1. The highest BCUT2D eigenvalue weighted by molar-refractivity contribution is 7.89. The fourth-order valence-corrected chi connectivity index (χ4v) is 5.60. The van der Waals surface area contributed by atoms with E-state index in [1.165, 1.54) is 18.5 Å². The van der Waals surface area contributed by atoms with E-state index in [9.17, 15) is 13.2 Å². The van der Waals surface area contributed by atoms with Gasteiger partial charge in [-0.2, -0.15) is 4.31 Å². The monoisotopic (exact) mass is 526 g/mol. The molecular weight excluding hydrogens is 500 g/mol. The Balaban J connectivity index is 1.70. The van der Waals surface area contributed by atoms with Crippen molar-refractivity contribution in [2.45, 2.75) is 30.7 Å². The number of nitrogens with zero attached hydrogens (tertiary/aromatic N) is 4. The van der Waals surface area contributed by atoms with Gasteiger partial charge in [0.1, 0.15) is 5.52 Å². The molecule has 8 nitrogen and oxygen atoms in total. The Morgan fingerprint density at radius 2 is 1.83 bits per heavy atom. The summed E-state index contributed by atoms with van der Waals surface area (Å²) in [6, 6.07) is 17.9. The average molecular weight is 527 g/mol. The highest BCUT2D eigenvalue weighted by Crippen LogP contribution is 2.33. The van der Waals surface area contributed by atoms with E-state index < -0.39 is 10.0 Å². The summed E-state index contributed by atoms with van der Waals surface area (Å²) in [5.41, 5.74) is 4.74. The van der Waals surface area contributed by atoms with Crippen LogP contribution in [0.2, 0.25) is 5.02 Å². The normalized spacial score (nSPS) is 12.7. The summed E-state index contributed by atoms with van der Waals surface area (Å²) in [6.07, 6.45) is 0.0980. The van der Waals surface area contributed by atoms with Gasteiger partial charge in [-0.3, -0.25) is 4.79 Å². The Hall–Kier alpha value is -3.27. The Bertz CT molecular complexity index is 1530. The molecule has 4 aromatic rings. The number of aryl methyl sites for hydroxylation is 2. The van der Waals surface area contributed by atoms with E-state index in [4.69, 9.17) is 16.3 Å². The van der Waals surface area contributed by atoms with Crippen molar-refractivity contribution in [1.29, 1.82) is 0 Å². The molecule has 4 rings (SSSR count). The maximum Gasteiger partial charge on any atom is 0.306 e. The van der Waals surface area contributed by atoms with Crippen LogP contribution in [-0.2, 0) is 33.1 Å². The lowest BCUT2D eigenvalue weighted by molar-refractivity contribution is -0.140. The number of halogens is 1. The smallest absolute Gasteiger partial charge is 0.306 e. The minimum atomic E-state index is -3.72. The number of esters is 1. The topological polar surface area (TPSA) is 94.4 Å². The number of fused-ring (bicyclic) bond motifs is 1. The standard InChI is InChI=1S/C26H27ClN4O4S/c1-17-6-5-7-21(12-17)36(33,34)30(2)16-20-13-18(8-10-23(20)27)22(15-26(32)35-4)19-9-11-25-24(14-19)28-29-31(25)3/h5-14,22H,15-16H2,1-4H3. The molecule has 0 fully saturated rings. The number of benzene rings is 3. The summed E-state index contributed by atoms with van der Waals surface area (Å²) in [4.78, 5) is 12.5. The minimum Gasteiger partial charge on any atom is -0.469 e. The van der Waals surface area contributed by atoms with Crippen LogP contribution in [0.4, 0.5) is 0 Å². The minimum absolute atomic E-state index is 0.0666. The van der Waals surface area contributed by atoms with Gasteiger partial charge in [-0.25, -0.2) is 13.1 Å². The molecule has 188 valence electrons. The number of carbonyl (C=O) groups is 1. The number of sulfonamides is 1. The first-order valence-corrected chi connectivity index (χ1v) is 13.1. The van der Waals surface area contributed by atoms with Crippen LogP contribution in [-0.4, -0.2) is 47.8 Å². The first kappa shape index (κ1) is 25.8. The molecule has 1 atom stereocenters. The first-order chi connectivity index (χ1) is 17.1. The highest BCUT2D eigenvalue weighted by atomic mass is 35.5. The van der Waals surface area contributed by atoms with Gasteiger partial charge in [0.15, 0.2) is 0 Å². The predicted molar refractivity (Wildman–Crippen MR) is 138 cm³/mol. The van der Waals surface area contributed by atoms with Crippen molar-refractivity contribution in [3.05, 3.63) is 87.9 Å². The van der Waals surface area contributed by atoms with Crippen LogP contribution in [0.15, 0.2) is 65.6 Å². The number of hydrogen-bond donors (Lipinski definition) is 0. The zero-order valence-electron chi connectivity index (χ0n) is 20.5. The fraction of sp³-hybridized carbons (Fsp3) is 0.269. The summed E-state index contributed by atoms with van der Waals surface area (Å²) in [5, 5.41) is 8.68. The van der Waals surface area contributed by atoms with Gasteiger partial charge in [0.05, 0.1) is 23.9 Å². The fourth-order valence-electron chi connectivity index (χ4n) is 4.17. The maximum atomic E-state index is 13.2. The molecular formula is C26H27ClN4O4S. The molecule has 0 saturated carbocycles. The molecule has 1 aromatic heterocycles. The van der Waals surface area contributed by atoms with Gasteiger partial charge in [0.25, 0.3) is 0 Å². The SMILES string of the molecule is COC(=O)CC(c1ccc(Cl)c(CN(C)S(=O)(=O)c2cccc(C)c2)c1)c1ccc2c(c1)nnn2C. The summed E-state index contributed by atoms with van der Waals surface area (Å²) in [7, 11) is 0.963. The van der Waals surface area contributed by atoms with Crippen molar-refractivity contribution in [3.63, 3.8) is 0 Å². The molecule has 0 N–H and O–H groups in total. The van der Waals surface area contributed by atoms with Gasteiger partial charge in [-0.1, -0.05) is 47.1 Å². The first-order valence-electron chi connectivity index (χ1n) is 11.3. The third-order valence-electron chi connectivity index (χ3n) is 6.20. The van der Waals surface area contributed by atoms with Crippen LogP contribution < -0.4 is 0 Å². The number of aromatic nitrogens is 3. The predicted octanol–water partition coefficient (Wildman–Crippen LogP) is 4.45. The van der Waals surface area contributed by atoms with Crippen molar-refractivity contribution >= 4 is 38.6 Å². The summed E-state index contributed by atoms with van der Waals surface area (Å²) in [6.45, 7) is 1.91. The molecule has 0 radical (unpaired) electrons. The molecule has 1 unspecified atom stereocenters. The third-order valence-corrected chi connectivity index (χ3v) is 8.37. The van der Waals surface area contributed by atoms with E-state index in [0.29, 0.717) is 16.1 Å². The highest BCUT2D eigenvalue weighted by Gasteiger charge is 2.24. The molecule has 36 heavy (non-hydrogen) atoms. The molecule has 0 aliphatic heterocycles. The lowest BCUT2D eigenvalue weighted by Crippen LogP contribution is -2.26. The molecule has 3 aromatic carbocycles. The van der Waals surface area contributed by atoms with Crippen LogP contribution in [0.25, 0.3) is 11.0 Å². The second-order valence-electron chi connectivity index (χ2n) is 8.72. The molecule has 0 bridgehead atoms. The van der Waals surface area contributed by atoms with Gasteiger partial charge >= 0.3 is 5.97 Å². The van der Waals surface area contributed by atoms with Gasteiger partial charge in [0, 0.05) is 31.6 Å².